The van der Waals surface area contributed by atoms with Gasteiger partial charge in [0.15, 0.2) is 5.82 Å². The minimum Gasteiger partial charge on any atom is -0.228 e. The topological polar surface area (TPSA) is 25.8 Å². The van der Waals surface area contributed by atoms with E-state index in [-0.39, 0.29) is 0 Å². The van der Waals surface area contributed by atoms with Gasteiger partial charge in [-0.05, 0) is 80.6 Å². The molecule has 0 N–H and O–H groups in total. The number of hydrogen-bond acceptors (Lipinski definition) is 3. The molecule has 0 unspecified atom stereocenters. The largest absolute Gasteiger partial charge is 0.228 e. The van der Waals surface area contributed by atoms with Crippen LogP contribution in [0.2, 0.25) is 0 Å². The van der Waals surface area contributed by atoms with E-state index in [4.69, 9.17) is 9.97 Å². The molecule has 0 fully saturated rings. The van der Waals surface area contributed by atoms with E-state index in [1.54, 1.807) is 0 Å². The molecule has 53 heavy (non-hydrogen) atoms. The summed E-state index contributed by atoms with van der Waals surface area (Å²) in [6.45, 7) is 0. The van der Waals surface area contributed by atoms with Gasteiger partial charge in [-0.1, -0.05) is 158 Å². The number of benzene rings is 8. The van der Waals surface area contributed by atoms with E-state index in [1.165, 1.54) is 42.2 Å². The predicted molar refractivity (Wildman–Crippen MR) is 225 cm³/mol. The maximum absolute atomic E-state index is 5.34. The molecule has 0 aliphatic carbocycles. The Morgan fingerprint density at radius 2 is 0.830 bits per heavy atom. The summed E-state index contributed by atoms with van der Waals surface area (Å²) in [4.78, 5) is 10.5. The molecule has 0 aliphatic rings. The fourth-order valence-corrected chi connectivity index (χ4v) is 8.54. The predicted octanol–water partition coefficient (Wildman–Crippen LogP) is 14.0. The monoisotopic (exact) mass is 692 g/mol. The number of rotatable bonds is 6. The molecule has 248 valence electrons. The van der Waals surface area contributed by atoms with Crippen molar-refractivity contribution in [1.29, 1.82) is 0 Å². The zero-order chi connectivity index (χ0) is 35.1. The van der Waals surface area contributed by atoms with Crippen LogP contribution in [0.25, 0.3) is 98.2 Å². The Balaban J connectivity index is 1.18. The van der Waals surface area contributed by atoms with Crippen molar-refractivity contribution in [2.45, 2.75) is 0 Å². The SMILES string of the molecule is c1ccc(-c2ccc(-c3cc(-c4ccc5c(c4)sc4ccccc45)cc(-c4cc(-c5ccccc5)nc(-c5cccc6ccccc56)n4)c3)cc2)cc1. The van der Waals surface area contributed by atoms with Gasteiger partial charge in [0.25, 0.3) is 0 Å². The third-order valence-corrected chi connectivity index (χ3v) is 11.2. The lowest BCUT2D eigenvalue weighted by molar-refractivity contribution is 1.19. The number of hydrogen-bond donors (Lipinski definition) is 0. The van der Waals surface area contributed by atoms with Gasteiger partial charge in [-0.25, -0.2) is 9.97 Å². The second-order valence-electron chi connectivity index (χ2n) is 13.4. The quantitative estimate of drug-likeness (QED) is 0.173. The summed E-state index contributed by atoms with van der Waals surface area (Å²) < 4.78 is 2.59. The lowest BCUT2D eigenvalue weighted by Gasteiger charge is -2.14. The molecular formula is C50H32N2S. The molecule has 10 aromatic rings. The molecule has 0 saturated carbocycles. The smallest absolute Gasteiger partial charge is 0.161 e. The van der Waals surface area contributed by atoms with Crippen molar-refractivity contribution in [3.05, 3.63) is 194 Å². The fraction of sp³-hybridized carbons (Fsp3) is 0. The van der Waals surface area contributed by atoms with Gasteiger partial charge in [0.1, 0.15) is 0 Å². The number of thiophene rings is 1. The highest BCUT2D eigenvalue weighted by Gasteiger charge is 2.16. The zero-order valence-corrected chi connectivity index (χ0v) is 29.6. The van der Waals surface area contributed by atoms with Crippen LogP contribution in [-0.2, 0) is 0 Å². The van der Waals surface area contributed by atoms with Crippen molar-refractivity contribution < 1.29 is 0 Å². The van der Waals surface area contributed by atoms with Crippen LogP contribution >= 0.6 is 11.3 Å². The standard InChI is InChI=1S/C50H32N2S/c1-3-12-33(13-4-1)34-22-24-35(25-23-34)39-28-40(38-26-27-44-43-19-9-10-21-48(43)53-49(44)31-38)30-41(29-39)47-32-46(37-15-5-2-6-16-37)51-50(52-47)45-20-11-17-36-14-7-8-18-42(36)45/h1-32H. The molecule has 2 heterocycles. The lowest BCUT2D eigenvalue weighted by atomic mass is 9.93. The average molecular weight is 693 g/mol. The molecule has 0 radical (unpaired) electrons. The minimum absolute atomic E-state index is 0.712. The van der Waals surface area contributed by atoms with Crippen LogP contribution in [0, 0.1) is 0 Å². The van der Waals surface area contributed by atoms with Crippen molar-refractivity contribution in [1.82, 2.24) is 9.97 Å². The first-order chi connectivity index (χ1) is 26.2. The Morgan fingerprint density at radius 1 is 0.302 bits per heavy atom. The van der Waals surface area contributed by atoms with E-state index in [0.29, 0.717) is 5.82 Å². The van der Waals surface area contributed by atoms with Crippen LogP contribution in [0.5, 0.6) is 0 Å². The molecule has 10 rings (SSSR count). The Bertz CT molecular complexity index is 2920. The molecule has 0 spiro atoms. The maximum Gasteiger partial charge on any atom is 0.161 e. The molecule has 2 nitrogen and oxygen atoms in total. The normalized spacial score (nSPS) is 11.4. The van der Waals surface area contributed by atoms with Crippen LogP contribution in [0.1, 0.15) is 0 Å². The first-order valence-electron chi connectivity index (χ1n) is 17.9. The number of fused-ring (bicyclic) bond motifs is 4. The summed E-state index contributed by atoms with van der Waals surface area (Å²) in [5.41, 5.74) is 11.9. The highest BCUT2D eigenvalue weighted by Crippen LogP contribution is 2.40. The van der Waals surface area contributed by atoms with E-state index >= 15 is 0 Å². The molecule has 0 amide bonds. The van der Waals surface area contributed by atoms with E-state index < -0.39 is 0 Å². The minimum atomic E-state index is 0.712. The van der Waals surface area contributed by atoms with Gasteiger partial charge in [-0.2, -0.15) is 0 Å². The van der Waals surface area contributed by atoms with Crippen LogP contribution < -0.4 is 0 Å². The van der Waals surface area contributed by atoms with Crippen molar-refractivity contribution in [2.75, 3.05) is 0 Å². The number of aromatic nitrogens is 2. The summed E-state index contributed by atoms with van der Waals surface area (Å²) in [5, 5.41) is 4.91. The van der Waals surface area contributed by atoms with E-state index in [9.17, 15) is 0 Å². The Morgan fingerprint density at radius 3 is 1.60 bits per heavy atom. The van der Waals surface area contributed by atoms with E-state index in [1.807, 2.05) is 17.4 Å². The van der Waals surface area contributed by atoms with Crippen molar-refractivity contribution in [3.8, 4) is 67.3 Å². The summed E-state index contributed by atoms with van der Waals surface area (Å²) in [7, 11) is 0. The van der Waals surface area contributed by atoms with Crippen molar-refractivity contribution >= 4 is 42.3 Å². The molecule has 0 aliphatic heterocycles. The first kappa shape index (κ1) is 31.1. The van der Waals surface area contributed by atoms with Gasteiger partial charge in [0, 0.05) is 36.9 Å². The number of nitrogens with zero attached hydrogens (tertiary/aromatic N) is 2. The van der Waals surface area contributed by atoms with Crippen LogP contribution in [0.15, 0.2) is 194 Å². The third kappa shape index (κ3) is 5.87. The average Bonchev–Trinajstić information content (AvgIpc) is 3.62. The molecule has 0 bridgehead atoms. The highest BCUT2D eigenvalue weighted by atomic mass is 32.1. The van der Waals surface area contributed by atoms with E-state index in [0.717, 1.165) is 50.2 Å². The summed E-state index contributed by atoms with van der Waals surface area (Å²) in [6.07, 6.45) is 0. The van der Waals surface area contributed by atoms with Gasteiger partial charge in [-0.15, -0.1) is 11.3 Å². The van der Waals surface area contributed by atoms with Gasteiger partial charge in [0.05, 0.1) is 11.4 Å². The Labute approximate surface area is 312 Å². The molecule has 2 aromatic heterocycles. The Kier molecular flexibility index (Phi) is 7.71. The van der Waals surface area contributed by atoms with Gasteiger partial charge >= 0.3 is 0 Å². The summed E-state index contributed by atoms with van der Waals surface area (Å²) in [6, 6.07) is 69.3. The summed E-state index contributed by atoms with van der Waals surface area (Å²) >= 11 is 1.85. The molecule has 3 heteroatoms. The fourth-order valence-electron chi connectivity index (χ4n) is 7.39. The Hall–Kier alpha value is -6.68. The van der Waals surface area contributed by atoms with Crippen LogP contribution in [-0.4, -0.2) is 9.97 Å². The van der Waals surface area contributed by atoms with Crippen molar-refractivity contribution in [3.63, 3.8) is 0 Å². The lowest BCUT2D eigenvalue weighted by Crippen LogP contribution is -1.97. The maximum atomic E-state index is 5.34. The molecule has 8 aromatic carbocycles. The van der Waals surface area contributed by atoms with Crippen LogP contribution in [0.4, 0.5) is 0 Å². The second-order valence-corrected chi connectivity index (χ2v) is 14.5. The highest BCUT2D eigenvalue weighted by molar-refractivity contribution is 7.25. The zero-order valence-electron chi connectivity index (χ0n) is 28.8. The first-order valence-corrected chi connectivity index (χ1v) is 18.7. The molecule has 0 atom stereocenters. The van der Waals surface area contributed by atoms with Crippen molar-refractivity contribution in [2.24, 2.45) is 0 Å². The van der Waals surface area contributed by atoms with Crippen LogP contribution in [0.3, 0.4) is 0 Å². The summed E-state index contributed by atoms with van der Waals surface area (Å²) in [5.74, 6) is 0.712. The molecule has 0 saturated heterocycles. The van der Waals surface area contributed by atoms with Gasteiger partial charge in [0.2, 0.25) is 0 Å². The second kappa shape index (κ2) is 13.1. The van der Waals surface area contributed by atoms with Gasteiger partial charge in [-0.3, -0.25) is 0 Å². The third-order valence-electron chi connectivity index (χ3n) is 10.1. The molecular weight excluding hydrogens is 661 g/mol. The van der Waals surface area contributed by atoms with Gasteiger partial charge < -0.3 is 0 Å². The van der Waals surface area contributed by atoms with E-state index in [2.05, 4.69) is 188 Å².